The third kappa shape index (κ3) is 13.5. The Labute approximate surface area is 124 Å². The van der Waals surface area contributed by atoms with Crippen LogP contribution in [0.4, 0.5) is 0 Å². The second kappa shape index (κ2) is 16.1. The summed E-state index contributed by atoms with van der Waals surface area (Å²) in [5, 5.41) is 2.15. The number of hydrogen-bond donors (Lipinski definition) is 1. The molecule has 0 aromatic heterocycles. The molecule has 20 heavy (non-hydrogen) atoms. The minimum absolute atomic E-state index is 0.115. The molecule has 0 bridgehead atoms. The van der Waals surface area contributed by atoms with Crippen molar-refractivity contribution in [2.45, 2.75) is 45.6 Å². The molecule has 1 aliphatic carbocycles. The first-order valence-electron chi connectivity index (χ1n) is 7.33. The number of nitrogens with zero attached hydrogens (tertiary/aromatic N) is 1. The minimum atomic E-state index is 0.115. The predicted octanol–water partition coefficient (Wildman–Crippen LogP) is 1.71. The lowest BCUT2D eigenvalue weighted by Gasteiger charge is -2.06. The number of carbonyl (C=O) groups is 2. The number of fused-ring (bicyclic) bond motifs is 1. The summed E-state index contributed by atoms with van der Waals surface area (Å²) >= 11 is 0. The van der Waals surface area contributed by atoms with Crippen LogP contribution in [0.5, 0.6) is 0 Å². The maximum absolute atomic E-state index is 9.34. The van der Waals surface area contributed by atoms with Crippen LogP contribution in [0.2, 0.25) is 0 Å². The maximum atomic E-state index is 9.34. The molecule has 2 rings (SSSR count). The van der Waals surface area contributed by atoms with Gasteiger partial charge in [0.05, 0.1) is 6.54 Å². The average molecular weight is 288 g/mol. The van der Waals surface area contributed by atoms with Crippen molar-refractivity contribution in [3.63, 3.8) is 0 Å². The van der Waals surface area contributed by atoms with Crippen molar-refractivity contribution in [3.05, 3.63) is 0 Å². The number of ether oxygens (including phenoxy) is 1. The van der Waals surface area contributed by atoms with E-state index in [-0.39, 0.29) is 6.54 Å². The van der Waals surface area contributed by atoms with Crippen molar-refractivity contribution < 1.29 is 14.3 Å². The van der Waals surface area contributed by atoms with Gasteiger partial charge in [0.15, 0.2) is 0 Å². The monoisotopic (exact) mass is 288 g/mol. The van der Waals surface area contributed by atoms with Gasteiger partial charge < -0.3 is 19.7 Å². The van der Waals surface area contributed by atoms with Crippen LogP contribution in [0.3, 0.4) is 0 Å². The van der Waals surface area contributed by atoms with E-state index in [0.29, 0.717) is 12.7 Å². The number of likely N-dealkylation sites (tertiary alicyclic amines) is 1. The van der Waals surface area contributed by atoms with Gasteiger partial charge in [-0.05, 0) is 32.4 Å². The number of unbranched alkanes of at least 4 members (excludes halogenated alkanes) is 1. The maximum Gasteiger partial charge on any atom is 0.207 e. The highest BCUT2D eigenvalue weighted by molar-refractivity contribution is 5.58. The molecule has 5 heteroatoms. The van der Waals surface area contributed by atoms with E-state index >= 15 is 0 Å². The topological polar surface area (TPSA) is 58.6 Å². The molecule has 1 aliphatic heterocycles. The molecule has 1 N–H and O–H groups in total. The van der Waals surface area contributed by atoms with Gasteiger partial charge in [-0.25, -0.2) is 0 Å². The zero-order chi connectivity index (χ0) is 15.8. The molecule has 120 valence electrons. The molecule has 1 saturated carbocycles. The third-order valence-corrected chi connectivity index (χ3v) is 3.09. The van der Waals surface area contributed by atoms with Gasteiger partial charge in [-0.1, -0.05) is 26.7 Å². The largest absolute Gasteiger partial charge is 0.388 e. The van der Waals surface area contributed by atoms with Gasteiger partial charge in [0.2, 0.25) is 6.41 Å². The highest BCUT2D eigenvalue weighted by Gasteiger charge is 2.44. The van der Waals surface area contributed by atoms with Crippen LogP contribution >= 0.6 is 0 Å². The first kappa shape index (κ1) is 21.4. The van der Waals surface area contributed by atoms with Gasteiger partial charge in [-0.3, -0.25) is 4.79 Å². The van der Waals surface area contributed by atoms with Gasteiger partial charge in [-0.2, -0.15) is 0 Å². The summed E-state index contributed by atoms with van der Waals surface area (Å²) in [5.74, 6) is 1.12. The molecule has 1 heterocycles. The molecule has 1 saturated heterocycles. The van der Waals surface area contributed by atoms with Gasteiger partial charge in [0.25, 0.3) is 0 Å². The molecule has 0 aromatic rings. The van der Waals surface area contributed by atoms with Crippen LogP contribution in [-0.2, 0) is 14.3 Å². The fraction of sp³-hybridized carbons (Fsp3) is 0.867. The normalized spacial score (nSPS) is 21.6. The van der Waals surface area contributed by atoms with Crippen LogP contribution in [0.1, 0.15) is 39.5 Å². The Morgan fingerprint density at radius 1 is 1.25 bits per heavy atom. The van der Waals surface area contributed by atoms with E-state index in [9.17, 15) is 9.59 Å². The van der Waals surface area contributed by atoms with Crippen molar-refractivity contribution in [1.82, 2.24) is 10.2 Å². The lowest BCUT2D eigenvalue weighted by atomic mass is 10.3. The number of nitrogens with one attached hydrogen (secondary N) is 1. The average Bonchev–Trinajstić information content (AvgIpc) is 3.16. The third-order valence-electron chi connectivity index (χ3n) is 3.09. The second-order valence-corrected chi connectivity index (χ2v) is 4.93. The molecule has 5 nitrogen and oxygen atoms in total. The van der Waals surface area contributed by atoms with E-state index in [4.69, 9.17) is 0 Å². The Morgan fingerprint density at radius 3 is 1.90 bits per heavy atom. The minimum Gasteiger partial charge on any atom is -0.388 e. The molecular formula is C15H32N2O3. The number of carbonyl (C=O) groups excluding carboxylic acids is 2. The number of hydrogen-bond acceptors (Lipinski definition) is 4. The molecule has 2 fully saturated rings. The first-order chi connectivity index (χ1) is 9.62. The molecule has 2 aliphatic rings. The molecule has 1 amide bonds. The summed E-state index contributed by atoms with van der Waals surface area (Å²) < 4.78 is 4.25. The summed E-state index contributed by atoms with van der Waals surface area (Å²) in [6.07, 6.45) is 6.71. The first-order valence-corrected chi connectivity index (χ1v) is 7.33. The zero-order valence-electron chi connectivity index (χ0n) is 13.7. The summed E-state index contributed by atoms with van der Waals surface area (Å²) in [6.45, 7) is 5.83. The Hall–Kier alpha value is -0.940. The quantitative estimate of drug-likeness (QED) is 0.632. The molecule has 0 spiro atoms. The van der Waals surface area contributed by atoms with E-state index in [1.807, 2.05) is 0 Å². The fourth-order valence-electron chi connectivity index (χ4n) is 1.71. The van der Waals surface area contributed by atoms with Crippen molar-refractivity contribution in [2.75, 3.05) is 34.4 Å². The van der Waals surface area contributed by atoms with E-state index in [1.165, 1.54) is 32.2 Å². The lowest BCUT2D eigenvalue weighted by molar-refractivity contribution is -0.113. The standard InChI is InChI=1S/C6H11N.C4H10.C3H5NO2.C2H6O/c1-7-3-2-5-4-6(5)7;1-3-4-2;5-2-1-4-3-6;1-3-2/h5-6H,2-4H2,1H3;3-4H2,1-2H3;2-3H,1H2,(H,4,6);1-2H3. The van der Waals surface area contributed by atoms with Crippen LogP contribution in [0.15, 0.2) is 0 Å². The SMILES string of the molecule is CCCC.CN1CCC2CC21.COC.O=CCNC=O. The fourth-order valence-corrected chi connectivity index (χ4v) is 1.71. The van der Waals surface area contributed by atoms with E-state index in [0.717, 1.165) is 12.0 Å². The lowest BCUT2D eigenvalue weighted by Crippen LogP contribution is -2.16. The van der Waals surface area contributed by atoms with Gasteiger partial charge in [0, 0.05) is 20.3 Å². The number of rotatable bonds is 4. The smallest absolute Gasteiger partial charge is 0.207 e. The Bertz CT molecular complexity index is 215. The molecular weight excluding hydrogens is 256 g/mol. The molecule has 2 unspecified atom stereocenters. The van der Waals surface area contributed by atoms with E-state index < -0.39 is 0 Å². The second-order valence-electron chi connectivity index (χ2n) is 4.93. The predicted molar refractivity (Wildman–Crippen MR) is 82.8 cm³/mol. The van der Waals surface area contributed by atoms with Crippen molar-refractivity contribution in [1.29, 1.82) is 0 Å². The van der Waals surface area contributed by atoms with Gasteiger partial charge >= 0.3 is 0 Å². The molecule has 0 aromatic carbocycles. The number of amides is 1. The summed E-state index contributed by atoms with van der Waals surface area (Å²) in [6, 6.07) is 1.01. The summed E-state index contributed by atoms with van der Waals surface area (Å²) in [4.78, 5) is 21.1. The number of piperidine rings is 1. The molecule has 0 radical (unpaired) electrons. The zero-order valence-corrected chi connectivity index (χ0v) is 13.7. The summed E-state index contributed by atoms with van der Waals surface area (Å²) in [5.41, 5.74) is 0. The van der Waals surface area contributed by atoms with Crippen LogP contribution in [0, 0.1) is 5.92 Å². The van der Waals surface area contributed by atoms with Gasteiger partial charge in [-0.15, -0.1) is 0 Å². The van der Waals surface area contributed by atoms with Crippen molar-refractivity contribution >= 4 is 12.7 Å². The number of methoxy groups -OCH3 is 1. The number of aldehydes is 1. The highest BCUT2D eigenvalue weighted by atomic mass is 16.4. The van der Waals surface area contributed by atoms with Crippen LogP contribution in [-0.4, -0.2) is 58.0 Å². The Morgan fingerprint density at radius 2 is 1.80 bits per heavy atom. The van der Waals surface area contributed by atoms with Gasteiger partial charge in [0.1, 0.15) is 6.29 Å². The molecule has 2 atom stereocenters. The Balaban J connectivity index is 0. The van der Waals surface area contributed by atoms with Crippen molar-refractivity contribution in [3.8, 4) is 0 Å². The van der Waals surface area contributed by atoms with Crippen LogP contribution < -0.4 is 5.32 Å². The van der Waals surface area contributed by atoms with E-state index in [1.54, 1.807) is 14.2 Å². The van der Waals surface area contributed by atoms with E-state index in [2.05, 4.69) is 35.8 Å². The highest BCUT2D eigenvalue weighted by Crippen LogP contribution is 2.42. The van der Waals surface area contributed by atoms with Crippen molar-refractivity contribution in [2.24, 2.45) is 5.92 Å². The Kier molecular flexibility index (Phi) is 17.2. The summed E-state index contributed by atoms with van der Waals surface area (Å²) in [7, 11) is 5.48. The van der Waals surface area contributed by atoms with Crippen LogP contribution in [0.25, 0.3) is 0 Å².